The Hall–Kier alpha value is -1.13. The zero-order valence-corrected chi connectivity index (χ0v) is 10.8. The van der Waals surface area contributed by atoms with Gasteiger partial charge in [-0.1, -0.05) is 19.1 Å². The topological polar surface area (TPSA) is 24.5 Å². The van der Waals surface area contributed by atoms with Gasteiger partial charge in [-0.2, -0.15) is 0 Å². The molecule has 0 heterocycles. The second kappa shape index (κ2) is 7.25. The predicted molar refractivity (Wildman–Crippen MR) is 67.8 cm³/mol. The lowest BCUT2D eigenvalue weighted by Crippen LogP contribution is -2.29. The lowest BCUT2D eigenvalue weighted by molar-refractivity contribution is 0.315. The van der Waals surface area contributed by atoms with Crippen LogP contribution < -0.4 is 10.1 Å². The van der Waals surface area contributed by atoms with Gasteiger partial charge in [0.05, 0.1) is 7.11 Å². The first-order valence-electron chi connectivity index (χ1n) is 5.89. The minimum absolute atomic E-state index is 0.259. The van der Waals surface area contributed by atoms with Gasteiger partial charge in [0, 0.05) is 25.2 Å². The third-order valence-electron chi connectivity index (χ3n) is 2.62. The number of nitrogens with one attached hydrogen (secondary N) is 1. The summed E-state index contributed by atoms with van der Waals surface area (Å²) in [6.45, 7) is 5.43. The number of ether oxygens (including phenoxy) is 1. The highest BCUT2D eigenvalue weighted by molar-refractivity contribution is 5.30. The fourth-order valence-corrected chi connectivity index (χ4v) is 1.65. The third kappa shape index (κ3) is 4.32. The number of halogens is 1. The highest BCUT2D eigenvalue weighted by Gasteiger charge is 2.09. The first kappa shape index (κ1) is 13.9. The average molecular weight is 240 g/mol. The van der Waals surface area contributed by atoms with Crippen LogP contribution in [0.25, 0.3) is 0 Å². The quantitative estimate of drug-likeness (QED) is 0.736. The van der Waals surface area contributed by atoms with Crippen molar-refractivity contribution in [1.82, 2.24) is 10.2 Å². The number of hydrogen-bond acceptors (Lipinski definition) is 3. The highest BCUT2D eigenvalue weighted by atomic mass is 19.1. The van der Waals surface area contributed by atoms with E-state index >= 15 is 0 Å². The normalized spacial score (nSPS) is 10.9. The van der Waals surface area contributed by atoms with E-state index in [0.717, 1.165) is 19.6 Å². The first-order chi connectivity index (χ1) is 8.19. The molecule has 1 rings (SSSR count). The Morgan fingerprint density at radius 1 is 1.41 bits per heavy atom. The van der Waals surface area contributed by atoms with Crippen LogP contribution in [-0.4, -0.2) is 38.7 Å². The second-order valence-corrected chi connectivity index (χ2v) is 4.02. The number of methoxy groups -OCH3 is 1. The molecule has 0 aliphatic heterocycles. The zero-order chi connectivity index (χ0) is 12.7. The van der Waals surface area contributed by atoms with Crippen molar-refractivity contribution in [2.75, 3.05) is 33.8 Å². The Balaban J connectivity index is 2.55. The molecule has 0 amide bonds. The molecule has 0 unspecified atom stereocenters. The van der Waals surface area contributed by atoms with Crippen LogP contribution in [0.2, 0.25) is 0 Å². The Morgan fingerprint density at radius 2 is 2.18 bits per heavy atom. The Labute approximate surface area is 103 Å². The van der Waals surface area contributed by atoms with Gasteiger partial charge in [0.2, 0.25) is 0 Å². The van der Waals surface area contributed by atoms with Gasteiger partial charge in [0.1, 0.15) is 0 Å². The van der Waals surface area contributed by atoms with Crippen molar-refractivity contribution in [3.8, 4) is 5.75 Å². The Kier molecular flexibility index (Phi) is 5.94. The van der Waals surface area contributed by atoms with E-state index in [1.807, 2.05) is 13.1 Å². The van der Waals surface area contributed by atoms with Crippen LogP contribution in [0.5, 0.6) is 5.75 Å². The van der Waals surface area contributed by atoms with Crippen LogP contribution in [-0.2, 0) is 6.54 Å². The molecule has 0 atom stereocenters. The fraction of sp³-hybridized carbons (Fsp3) is 0.538. The van der Waals surface area contributed by atoms with E-state index in [2.05, 4.69) is 17.1 Å². The van der Waals surface area contributed by atoms with Gasteiger partial charge in [0.25, 0.3) is 0 Å². The minimum atomic E-state index is -0.259. The molecule has 0 radical (unpaired) electrons. The molecule has 0 fully saturated rings. The zero-order valence-electron chi connectivity index (χ0n) is 10.8. The summed E-state index contributed by atoms with van der Waals surface area (Å²) in [5.74, 6) is 0.0490. The van der Waals surface area contributed by atoms with Crippen molar-refractivity contribution in [3.05, 3.63) is 29.6 Å². The van der Waals surface area contributed by atoms with Crippen LogP contribution >= 0.6 is 0 Å². The van der Waals surface area contributed by atoms with Crippen molar-refractivity contribution in [3.63, 3.8) is 0 Å². The Morgan fingerprint density at radius 3 is 2.82 bits per heavy atom. The molecule has 1 aromatic rings. The lowest BCUT2D eigenvalue weighted by Gasteiger charge is -2.17. The van der Waals surface area contributed by atoms with E-state index in [4.69, 9.17) is 4.74 Å². The summed E-state index contributed by atoms with van der Waals surface area (Å²) in [7, 11) is 3.47. The molecule has 17 heavy (non-hydrogen) atoms. The SMILES string of the molecule is CCNCCN(C)Cc1cccc(OC)c1F. The number of likely N-dealkylation sites (N-methyl/N-ethyl adjacent to an activating group) is 2. The molecule has 0 aliphatic rings. The molecule has 4 heteroatoms. The van der Waals surface area contributed by atoms with Crippen LogP contribution in [0.3, 0.4) is 0 Å². The Bertz CT molecular complexity index is 344. The smallest absolute Gasteiger partial charge is 0.169 e. The average Bonchev–Trinajstić information content (AvgIpc) is 2.32. The van der Waals surface area contributed by atoms with E-state index in [1.54, 1.807) is 12.1 Å². The van der Waals surface area contributed by atoms with E-state index < -0.39 is 0 Å². The van der Waals surface area contributed by atoms with E-state index in [-0.39, 0.29) is 5.82 Å². The summed E-state index contributed by atoms with van der Waals surface area (Å²) in [5.41, 5.74) is 0.670. The minimum Gasteiger partial charge on any atom is -0.494 e. The van der Waals surface area contributed by atoms with Gasteiger partial charge in [-0.25, -0.2) is 4.39 Å². The molecule has 0 aliphatic carbocycles. The standard InChI is InChI=1S/C13H21FN2O/c1-4-15-8-9-16(2)10-11-6-5-7-12(17-3)13(11)14/h5-7,15H,4,8-10H2,1-3H3. The van der Waals surface area contributed by atoms with Crippen molar-refractivity contribution >= 4 is 0 Å². The lowest BCUT2D eigenvalue weighted by atomic mass is 10.2. The van der Waals surface area contributed by atoms with Gasteiger partial charge in [-0.15, -0.1) is 0 Å². The largest absolute Gasteiger partial charge is 0.494 e. The molecule has 0 aromatic heterocycles. The van der Waals surface area contributed by atoms with Gasteiger partial charge >= 0.3 is 0 Å². The molecule has 96 valence electrons. The molecule has 0 saturated heterocycles. The number of benzene rings is 1. The fourth-order valence-electron chi connectivity index (χ4n) is 1.65. The highest BCUT2D eigenvalue weighted by Crippen LogP contribution is 2.20. The van der Waals surface area contributed by atoms with Crippen LogP contribution in [0, 0.1) is 5.82 Å². The number of nitrogens with zero attached hydrogens (tertiary/aromatic N) is 1. The maximum Gasteiger partial charge on any atom is 0.169 e. The van der Waals surface area contributed by atoms with Crippen molar-refractivity contribution in [2.45, 2.75) is 13.5 Å². The van der Waals surface area contributed by atoms with Crippen LogP contribution in [0.4, 0.5) is 4.39 Å². The van der Waals surface area contributed by atoms with Gasteiger partial charge < -0.3 is 15.0 Å². The van der Waals surface area contributed by atoms with Crippen molar-refractivity contribution in [1.29, 1.82) is 0 Å². The summed E-state index contributed by atoms with van der Waals surface area (Å²) in [5, 5.41) is 3.24. The van der Waals surface area contributed by atoms with Gasteiger partial charge in [0.15, 0.2) is 11.6 Å². The molecule has 0 spiro atoms. The molecule has 3 nitrogen and oxygen atoms in total. The molecule has 0 bridgehead atoms. The van der Waals surface area contributed by atoms with Gasteiger partial charge in [-0.3, -0.25) is 0 Å². The van der Waals surface area contributed by atoms with Crippen molar-refractivity contribution in [2.24, 2.45) is 0 Å². The number of hydrogen-bond donors (Lipinski definition) is 1. The van der Waals surface area contributed by atoms with Crippen LogP contribution in [0.15, 0.2) is 18.2 Å². The van der Waals surface area contributed by atoms with E-state index in [0.29, 0.717) is 17.9 Å². The third-order valence-corrected chi connectivity index (χ3v) is 2.62. The molecule has 1 aromatic carbocycles. The molecule has 0 saturated carbocycles. The monoisotopic (exact) mass is 240 g/mol. The summed E-state index contributed by atoms with van der Waals surface area (Å²) in [4.78, 5) is 2.08. The maximum atomic E-state index is 13.9. The van der Waals surface area contributed by atoms with Crippen LogP contribution in [0.1, 0.15) is 12.5 Å². The maximum absolute atomic E-state index is 13.9. The summed E-state index contributed by atoms with van der Waals surface area (Å²) >= 11 is 0. The van der Waals surface area contributed by atoms with E-state index in [9.17, 15) is 4.39 Å². The second-order valence-electron chi connectivity index (χ2n) is 4.02. The first-order valence-corrected chi connectivity index (χ1v) is 5.89. The summed E-state index contributed by atoms with van der Waals surface area (Å²) in [6.07, 6.45) is 0. The van der Waals surface area contributed by atoms with Crippen molar-refractivity contribution < 1.29 is 9.13 Å². The summed E-state index contributed by atoms with van der Waals surface area (Å²) in [6, 6.07) is 5.24. The summed E-state index contributed by atoms with van der Waals surface area (Å²) < 4.78 is 18.8. The molecule has 1 N–H and O–H groups in total. The van der Waals surface area contributed by atoms with E-state index in [1.165, 1.54) is 7.11 Å². The number of rotatable bonds is 7. The molecular weight excluding hydrogens is 219 g/mol. The molecular formula is C13H21FN2O. The van der Waals surface area contributed by atoms with Gasteiger partial charge in [-0.05, 0) is 19.7 Å². The predicted octanol–water partition coefficient (Wildman–Crippen LogP) is 1.88.